The van der Waals surface area contributed by atoms with Gasteiger partial charge in [-0.15, -0.1) is 0 Å². The van der Waals surface area contributed by atoms with Gasteiger partial charge in [-0.05, 0) is 47.1 Å². The number of hydrogen-bond acceptors (Lipinski definition) is 4. The molecule has 4 heteroatoms. The first-order valence-corrected chi connectivity index (χ1v) is 7.24. The summed E-state index contributed by atoms with van der Waals surface area (Å²) in [4.78, 5) is 2.28. The van der Waals surface area contributed by atoms with Crippen molar-refractivity contribution in [2.45, 2.75) is 12.6 Å². The van der Waals surface area contributed by atoms with E-state index in [0.717, 1.165) is 12.3 Å². The van der Waals surface area contributed by atoms with E-state index >= 15 is 0 Å². The van der Waals surface area contributed by atoms with Crippen LogP contribution in [0.1, 0.15) is 17.2 Å². The van der Waals surface area contributed by atoms with Gasteiger partial charge in [-0.2, -0.15) is 11.3 Å². The molecule has 1 heterocycles. The fourth-order valence-corrected chi connectivity index (χ4v) is 2.87. The van der Waals surface area contributed by atoms with Gasteiger partial charge in [-0.25, -0.2) is 0 Å². The smallest absolute Gasteiger partial charge is 0.118 e. The molecular weight excluding hydrogens is 256 g/mol. The first-order chi connectivity index (χ1) is 9.24. The molecule has 1 unspecified atom stereocenters. The predicted octanol–water partition coefficient (Wildman–Crippen LogP) is 2.89. The molecule has 0 amide bonds. The summed E-state index contributed by atoms with van der Waals surface area (Å²) in [7, 11) is 3.79. The second kappa shape index (κ2) is 6.70. The molecule has 0 saturated heterocycles. The van der Waals surface area contributed by atoms with Crippen LogP contribution < -0.4 is 10.5 Å². The Kier molecular flexibility index (Phi) is 4.96. The van der Waals surface area contributed by atoms with E-state index in [9.17, 15) is 0 Å². The SMILES string of the molecule is COc1ccc(CN(C)C(CN)c2ccsc2)cc1. The molecule has 0 radical (unpaired) electrons. The van der Waals surface area contributed by atoms with E-state index in [1.807, 2.05) is 12.1 Å². The molecule has 1 aromatic carbocycles. The van der Waals surface area contributed by atoms with E-state index in [-0.39, 0.29) is 6.04 Å². The predicted molar refractivity (Wildman–Crippen MR) is 80.6 cm³/mol. The summed E-state index contributed by atoms with van der Waals surface area (Å²) in [5.41, 5.74) is 8.46. The second-order valence-corrected chi connectivity index (χ2v) is 5.35. The average Bonchev–Trinajstić information content (AvgIpc) is 2.94. The maximum Gasteiger partial charge on any atom is 0.118 e. The van der Waals surface area contributed by atoms with Crippen LogP contribution in [0.5, 0.6) is 5.75 Å². The van der Waals surface area contributed by atoms with Crippen molar-refractivity contribution in [3.8, 4) is 5.75 Å². The van der Waals surface area contributed by atoms with E-state index in [0.29, 0.717) is 6.54 Å². The fraction of sp³-hybridized carbons (Fsp3) is 0.333. The fourth-order valence-electron chi connectivity index (χ4n) is 2.16. The Labute approximate surface area is 118 Å². The summed E-state index contributed by atoms with van der Waals surface area (Å²) in [5, 5.41) is 4.27. The molecule has 0 aliphatic rings. The minimum absolute atomic E-state index is 0.272. The number of methoxy groups -OCH3 is 1. The highest BCUT2D eigenvalue weighted by Gasteiger charge is 2.15. The van der Waals surface area contributed by atoms with Gasteiger partial charge < -0.3 is 10.5 Å². The molecule has 0 bridgehead atoms. The first-order valence-electron chi connectivity index (χ1n) is 6.30. The van der Waals surface area contributed by atoms with E-state index in [4.69, 9.17) is 10.5 Å². The van der Waals surface area contributed by atoms with Crippen LogP contribution in [0.3, 0.4) is 0 Å². The summed E-state index contributed by atoms with van der Waals surface area (Å²) >= 11 is 1.71. The lowest BCUT2D eigenvalue weighted by Gasteiger charge is -2.26. The molecule has 2 rings (SSSR count). The van der Waals surface area contributed by atoms with Crippen LogP contribution in [-0.4, -0.2) is 25.6 Å². The van der Waals surface area contributed by atoms with Gasteiger partial charge in [0.1, 0.15) is 5.75 Å². The molecule has 3 nitrogen and oxygen atoms in total. The maximum atomic E-state index is 5.91. The van der Waals surface area contributed by atoms with Crippen LogP contribution in [0.2, 0.25) is 0 Å². The third kappa shape index (κ3) is 3.56. The van der Waals surface area contributed by atoms with E-state index in [1.54, 1.807) is 18.4 Å². The van der Waals surface area contributed by atoms with Crippen LogP contribution >= 0.6 is 11.3 Å². The Hall–Kier alpha value is -1.36. The molecule has 1 atom stereocenters. The van der Waals surface area contributed by atoms with E-state index < -0.39 is 0 Å². The van der Waals surface area contributed by atoms with Gasteiger partial charge in [-0.1, -0.05) is 12.1 Å². The zero-order valence-electron chi connectivity index (χ0n) is 11.4. The van der Waals surface area contributed by atoms with Crippen molar-refractivity contribution in [2.24, 2.45) is 5.73 Å². The van der Waals surface area contributed by atoms with Crippen LogP contribution in [0, 0.1) is 0 Å². The number of rotatable bonds is 6. The number of likely N-dealkylation sites (N-methyl/N-ethyl adjacent to an activating group) is 1. The van der Waals surface area contributed by atoms with Crippen molar-refractivity contribution < 1.29 is 4.74 Å². The number of nitrogens with two attached hydrogens (primary N) is 1. The number of benzene rings is 1. The average molecular weight is 276 g/mol. The first kappa shape index (κ1) is 14.1. The minimum Gasteiger partial charge on any atom is -0.497 e. The highest BCUT2D eigenvalue weighted by molar-refractivity contribution is 7.07. The number of thiophene rings is 1. The van der Waals surface area contributed by atoms with Gasteiger partial charge in [0.05, 0.1) is 7.11 Å². The summed E-state index contributed by atoms with van der Waals surface area (Å²) in [6.07, 6.45) is 0. The number of nitrogens with zero attached hydrogens (tertiary/aromatic N) is 1. The Morgan fingerprint density at radius 3 is 2.53 bits per heavy atom. The Bertz CT molecular complexity index is 481. The molecule has 0 aliphatic heterocycles. The lowest BCUT2D eigenvalue weighted by Crippen LogP contribution is -2.29. The number of hydrogen-bond donors (Lipinski definition) is 1. The highest BCUT2D eigenvalue weighted by Crippen LogP contribution is 2.23. The van der Waals surface area contributed by atoms with Crippen LogP contribution in [-0.2, 0) is 6.54 Å². The van der Waals surface area contributed by atoms with E-state index in [1.165, 1.54) is 11.1 Å². The molecule has 0 saturated carbocycles. The molecule has 0 aliphatic carbocycles. The van der Waals surface area contributed by atoms with Crippen LogP contribution in [0.4, 0.5) is 0 Å². The van der Waals surface area contributed by atoms with Crippen molar-refractivity contribution >= 4 is 11.3 Å². The lowest BCUT2D eigenvalue weighted by atomic mass is 10.1. The normalized spacial score (nSPS) is 12.6. The molecule has 2 aromatic rings. The van der Waals surface area contributed by atoms with Crippen molar-refractivity contribution in [3.05, 3.63) is 52.2 Å². The van der Waals surface area contributed by atoms with Crippen molar-refractivity contribution in [2.75, 3.05) is 20.7 Å². The van der Waals surface area contributed by atoms with Gasteiger partial charge in [-0.3, -0.25) is 4.90 Å². The van der Waals surface area contributed by atoms with Gasteiger partial charge in [0.15, 0.2) is 0 Å². The monoisotopic (exact) mass is 276 g/mol. The topological polar surface area (TPSA) is 38.5 Å². The van der Waals surface area contributed by atoms with Crippen molar-refractivity contribution in [3.63, 3.8) is 0 Å². The van der Waals surface area contributed by atoms with Crippen LogP contribution in [0.25, 0.3) is 0 Å². The Morgan fingerprint density at radius 2 is 2.00 bits per heavy atom. The zero-order chi connectivity index (χ0) is 13.7. The minimum atomic E-state index is 0.272. The third-order valence-electron chi connectivity index (χ3n) is 3.27. The molecule has 2 N–H and O–H groups in total. The summed E-state index contributed by atoms with van der Waals surface area (Å²) in [5.74, 6) is 0.889. The zero-order valence-corrected chi connectivity index (χ0v) is 12.2. The van der Waals surface area contributed by atoms with Crippen LogP contribution in [0.15, 0.2) is 41.1 Å². The van der Waals surface area contributed by atoms with Gasteiger partial charge in [0, 0.05) is 19.1 Å². The Balaban J connectivity index is 2.04. The summed E-state index contributed by atoms with van der Waals surface area (Å²) in [6.45, 7) is 1.51. The summed E-state index contributed by atoms with van der Waals surface area (Å²) < 4.78 is 5.17. The molecule has 0 spiro atoms. The lowest BCUT2D eigenvalue weighted by molar-refractivity contribution is 0.242. The number of ether oxygens (including phenoxy) is 1. The molecule has 19 heavy (non-hydrogen) atoms. The van der Waals surface area contributed by atoms with Gasteiger partial charge in [0.25, 0.3) is 0 Å². The maximum absolute atomic E-state index is 5.91. The molecule has 1 aromatic heterocycles. The quantitative estimate of drug-likeness (QED) is 0.881. The van der Waals surface area contributed by atoms with Crippen molar-refractivity contribution in [1.82, 2.24) is 4.90 Å². The van der Waals surface area contributed by atoms with Gasteiger partial charge >= 0.3 is 0 Å². The molecule has 0 fully saturated rings. The molecule has 102 valence electrons. The second-order valence-electron chi connectivity index (χ2n) is 4.57. The third-order valence-corrected chi connectivity index (χ3v) is 3.98. The highest BCUT2D eigenvalue weighted by atomic mass is 32.1. The summed E-state index contributed by atoms with van der Waals surface area (Å²) in [6, 6.07) is 10.6. The molecular formula is C15H20N2OS. The Morgan fingerprint density at radius 1 is 1.26 bits per heavy atom. The van der Waals surface area contributed by atoms with Gasteiger partial charge in [0.2, 0.25) is 0 Å². The van der Waals surface area contributed by atoms with Crippen molar-refractivity contribution in [1.29, 1.82) is 0 Å². The standard InChI is InChI=1S/C15H20N2OS/c1-17(15(9-16)13-7-8-19-11-13)10-12-3-5-14(18-2)6-4-12/h3-8,11,15H,9-10,16H2,1-2H3. The largest absolute Gasteiger partial charge is 0.497 e. The van der Waals surface area contributed by atoms with E-state index in [2.05, 4.69) is 40.9 Å².